The zero-order valence-electron chi connectivity index (χ0n) is 13.3. The van der Waals surface area contributed by atoms with Crippen molar-refractivity contribution < 1.29 is 23.1 Å². The molecular formula is C15H21NO5S. The Morgan fingerprint density at radius 2 is 1.50 bits per heavy atom. The summed E-state index contributed by atoms with van der Waals surface area (Å²) in [5.74, 6) is -1.59. The molecule has 7 heteroatoms. The van der Waals surface area contributed by atoms with Crippen molar-refractivity contribution in [3.63, 3.8) is 0 Å². The molecule has 0 aromatic heterocycles. The average Bonchev–Trinajstić information content (AvgIpc) is 2.37. The van der Waals surface area contributed by atoms with E-state index in [0.717, 1.165) is 6.26 Å². The van der Waals surface area contributed by atoms with Crippen molar-refractivity contribution in [3.8, 4) is 0 Å². The van der Waals surface area contributed by atoms with Crippen LogP contribution in [0.25, 0.3) is 0 Å². The van der Waals surface area contributed by atoms with Crippen molar-refractivity contribution in [2.24, 2.45) is 0 Å². The number of nitrogens with one attached hydrogen (secondary N) is 1. The normalized spacial score (nSPS) is 12.8. The zero-order valence-corrected chi connectivity index (χ0v) is 14.1. The summed E-state index contributed by atoms with van der Waals surface area (Å²) in [6.07, 6.45) is 1.01. The molecule has 1 aromatic carbocycles. The first-order chi connectivity index (χ1) is 9.80. The number of carbonyl (C=O) groups is 2. The lowest BCUT2D eigenvalue weighted by atomic mass is 9.85. The van der Waals surface area contributed by atoms with Crippen molar-refractivity contribution in [3.05, 3.63) is 29.8 Å². The zero-order chi connectivity index (χ0) is 17.3. The lowest BCUT2D eigenvalue weighted by Crippen LogP contribution is -2.43. The van der Waals surface area contributed by atoms with Crippen LogP contribution in [0.15, 0.2) is 24.3 Å². The summed E-state index contributed by atoms with van der Waals surface area (Å²) >= 11 is 0. The van der Waals surface area contributed by atoms with Gasteiger partial charge >= 0.3 is 5.97 Å². The highest BCUT2D eigenvalue weighted by molar-refractivity contribution is 7.92. The van der Waals surface area contributed by atoms with Gasteiger partial charge in [0.05, 0.1) is 5.41 Å². The Bertz CT molecular complexity index is 687. The van der Waals surface area contributed by atoms with Crippen molar-refractivity contribution in [1.82, 2.24) is 0 Å². The Labute approximate surface area is 130 Å². The number of hydrogen-bond acceptors (Lipinski definition) is 4. The van der Waals surface area contributed by atoms with Gasteiger partial charge in [0.1, 0.15) is 4.75 Å². The van der Waals surface area contributed by atoms with E-state index in [0.29, 0.717) is 11.3 Å². The van der Waals surface area contributed by atoms with Crippen LogP contribution in [0.1, 0.15) is 33.3 Å². The predicted octanol–water partition coefficient (Wildman–Crippen LogP) is 1.81. The Morgan fingerprint density at radius 3 is 1.86 bits per heavy atom. The molecule has 0 atom stereocenters. The van der Waals surface area contributed by atoms with Crippen LogP contribution in [0, 0.1) is 0 Å². The third-order valence-electron chi connectivity index (χ3n) is 3.87. The van der Waals surface area contributed by atoms with Gasteiger partial charge < -0.3 is 10.4 Å². The first-order valence-electron chi connectivity index (χ1n) is 6.65. The number of benzene rings is 1. The molecule has 0 fully saturated rings. The number of anilines is 1. The molecule has 122 valence electrons. The molecule has 0 bridgehead atoms. The van der Waals surface area contributed by atoms with Gasteiger partial charge in [0.2, 0.25) is 5.91 Å². The van der Waals surface area contributed by atoms with E-state index in [4.69, 9.17) is 5.11 Å². The summed E-state index contributed by atoms with van der Waals surface area (Å²) in [6, 6.07) is 6.29. The monoisotopic (exact) mass is 327 g/mol. The fraction of sp³-hybridized carbons (Fsp3) is 0.467. The topological polar surface area (TPSA) is 101 Å². The number of aliphatic carboxylic acids is 1. The molecule has 1 amide bonds. The lowest BCUT2D eigenvalue weighted by molar-refractivity contribution is -0.142. The summed E-state index contributed by atoms with van der Waals surface area (Å²) in [7, 11) is -3.55. The van der Waals surface area contributed by atoms with Gasteiger partial charge in [0.25, 0.3) is 0 Å². The molecule has 2 N–H and O–H groups in total. The summed E-state index contributed by atoms with van der Waals surface area (Å²) < 4.78 is 21.7. The number of carboxylic acids is 1. The second-order valence-corrected chi connectivity index (χ2v) is 8.81. The van der Waals surface area contributed by atoms with Crippen LogP contribution in [0.2, 0.25) is 0 Å². The first-order valence-corrected chi connectivity index (χ1v) is 8.54. The maximum absolute atomic E-state index is 12.1. The highest BCUT2D eigenvalue weighted by Crippen LogP contribution is 2.25. The van der Waals surface area contributed by atoms with Crippen LogP contribution in [0.3, 0.4) is 0 Å². The van der Waals surface area contributed by atoms with Crippen LogP contribution < -0.4 is 5.32 Å². The number of rotatable bonds is 5. The minimum absolute atomic E-state index is 0.409. The number of amides is 1. The summed E-state index contributed by atoms with van der Waals surface area (Å²) in [4.78, 5) is 23.3. The van der Waals surface area contributed by atoms with Gasteiger partial charge in [-0.1, -0.05) is 12.1 Å². The van der Waals surface area contributed by atoms with Gasteiger partial charge in [-0.3, -0.25) is 9.59 Å². The molecule has 0 radical (unpaired) electrons. The predicted molar refractivity (Wildman–Crippen MR) is 84.7 cm³/mol. The molecule has 6 nitrogen and oxygen atoms in total. The van der Waals surface area contributed by atoms with Crippen LogP contribution in [0.4, 0.5) is 5.69 Å². The van der Waals surface area contributed by atoms with Crippen molar-refractivity contribution in [2.75, 3.05) is 11.6 Å². The largest absolute Gasteiger partial charge is 0.481 e. The molecule has 0 saturated carbocycles. The molecule has 0 aliphatic heterocycles. The van der Waals surface area contributed by atoms with Crippen LogP contribution >= 0.6 is 0 Å². The number of carboxylic acid groups (broad SMARTS) is 1. The minimum Gasteiger partial charge on any atom is -0.481 e. The molecule has 0 spiro atoms. The van der Waals surface area contributed by atoms with E-state index < -0.39 is 31.9 Å². The third kappa shape index (κ3) is 3.47. The highest BCUT2D eigenvalue weighted by Gasteiger charge is 2.38. The van der Waals surface area contributed by atoms with Crippen molar-refractivity contribution >= 4 is 27.4 Å². The Hall–Kier alpha value is -1.89. The molecule has 0 unspecified atom stereocenters. The lowest BCUT2D eigenvalue weighted by Gasteiger charge is -2.22. The van der Waals surface area contributed by atoms with Crippen molar-refractivity contribution in [1.29, 1.82) is 0 Å². The van der Waals surface area contributed by atoms with Crippen molar-refractivity contribution in [2.45, 2.75) is 37.9 Å². The van der Waals surface area contributed by atoms with E-state index in [-0.39, 0.29) is 0 Å². The van der Waals surface area contributed by atoms with E-state index in [1.165, 1.54) is 13.8 Å². The van der Waals surface area contributed by atoms with E-state index in [2.05, 4.69) is 5.32 Å². The first kappa shape index (κ1) is 18.2. The molecule has 0 aliphatic rings. The van der Waals surface area contributed by atoms with Gasteiger partial charge in [-0.05, 0) is 45.4 Å². The molecule has 0 saturated heterocycles. The Morgan fingerprint density at radius 1 is 1.05 bits per heavy atom. The molecular weight excluding hydrogens is 306 g/mol. The summed E-state index contributed by atoms with van der Waals surface area (Å²) in [6.45, 7) is 5.82. The van der Waals surface area contributed by atoms with Crippen LogP contribution in [0.5, 0.6) is 0 Å². The van der Waals surface area contributed by atoms with Gasteiger partial charge in [-0.2, -0.15) is 0 Å². The smallest absolute Gasteiger partial charge is 0.313 e. The second-order valence-electron chi connectivity index (χ2n) is 6.24. The van der Waals surface area contributed by atoms with Gasteiger partial charge in [0.15, 0.2) is 9.84 Å². The van der Waals surface area contributed by atoms with E-state index in [1.54, 1.807) is 38.1 Å². The maximum Gasteiger partial charge on any atom is 0.313 e. The second kappa shape index (κ2) is 5.72. The average molecular weight is 327 g/mol. The maximum atomic E-state index is 12.1. The minimum atomic E-state index is -3.55. The SMILES string of the molecule is CC(C)(C(=O)O)c1ccc(NC(=O)C(C)(C)S(C)(=O)=O)cc1. The number of sulfone groups is 1. The fourth-order valence-electron chi connectivity index (χ4n) is 1.54. The van der Waals surface area contributed by atoms with E-state index in [1.807, 2.05) is 0 Å². The van der Waals surface area contributed by atoms with Crippen LogP contribution in [-0.2, 0) is 24.8 Å². The molecule has 0 aliphatic carbocycles. The molecule has 1 rings (SSSR count). The summed E-state index contributed by atoms with van der Waals surface area (Å²) in [5.41, 5.74) is -0.0544. The van der Waals surface area contributed by atoms with Crippen LogP contribution in [-0.4, -0.2) is 36.4 Å². The number of carbonyl (C=O) groups excluding carboxylic acids is 1. The van der Waals surface area contributed by atoms with Gasteiger partial charge in [0, 0.05) is 11.9 Å². The number of hydrogen-bond donors (Lipinski definition) is 2. The standard InChI is InChI=1S/C15H21NO5S/c1-14(2,13(18)19)10-6-8-11(9-7-10)16-12(17)15(3,4)22(5,20)21/h6-9H,1-5H3,(H,16,17)(H,18,19). The molecule has 1 aromatic rings. The quantitative estimate of drug-likeness (QED) is 0.859. The fourth-order valence-corrected chi connectivity index (χ4v) is 1.93. The highest BCUT2D eigenvalue weighted by atomic mass is 32.2. The Kier molecular flexibility index (Phi) is 4.72. The third-order valence-corrected chi connectivity index (χ3v) is 5.91. The van der Waals surface area contributed by atoms with E-state index >= 15 is 0 Å². The summed E-state index contributed by atoms with van der Waals surface area (Å²) in [5, 5.41) is 11.7. The molecule has 0 heterocycles. The Balaban J connectivity index is 2.99. The van der Waals surface area contributed by atoms with Gasteiger partial charge in [-0.15, -0.1) is 0 Å². The van der Waals surface area contributed by atoms with Gasteiger partial charge in [-0.25, -0.2) is 8.42 Å². The van der Waals surface area contributed by atoms with E-state index in [9.17, 15) is 18.0 Å². The molecule has 22 heavy (non-hydrogen) atoms.